The van der Waals surface area contributed by atoms with E-state index in [9.17, 15) is 4.79 Å². The van der Waals surface area contributed by atoms with Crippen LogP contribution in [0.25, 0.3) is 0 Å². The Kier molecular flexibility index (Phi) is 5.22. The van der Waals surface area contributed by atoms with Gasteiger partial charge in [-0.25, -0.2) is 0 Å². The molecule has 0 amide bonds. The minimum atomic E-state index is -0.0895. The van der Waals surface area contributed by atoms with Gasteiger partial charge in [0.1, 0.15) is 0 Å². The highest BCUT2D eigenvalue weighted by Gasteiger charge is 2.27. The summed E-state index contributed by atoms with van der Waals surface area (Å²) in [5.41, 5.74) is 0. The first-order valence-corrected chi connectivity index (χ1v) is 6.19. The van der Waals surface area contributed by atoms with Crippen LogP contribution in [0.1, 0.15) is 34.1 Å². The number of piperazine rings is 1. The summed E-state index contributed by atoms with van der Waals surface area (Å²) >= 11 is 0. The number of nitrogens with one attached hydrogen (secondary N) is 1. The van der Waals surface area contributed by atoms with E-state index in [1.807, 2.05) is 6.92 Å². The number of hydrogen-bond donors (Lipinski definition) is 1. The highest BCUT2D eigenvalue weighted by Crippen LogP contribution is 2.13. The fraction of sp³-hybridized carbons (Fsp3) is 0.917. The van der Waals surface area contributed by atoms with Gasteiger partial charge in [-0.1, -0.05) is 0 Å². The number of ether oxygens (including phenoxy) is 1. The normalized spacial score (nSPS) is 28.8. The molecular formula is C12H24N2O2. The summed E-state index contributed by atoms with van der Waals surface area (Å²) in [4.78, 5) is 13.8. The van der Waals surface area contributed by atoms with Gasteiger partial charge in [-0.15, -0.1) is 0 Å². The van der Waals surface area contributed by atoms with Crippen LogP contribution in [0.2, 0.25) is 0 Å². The topological polar surface area (TPSA) is 41.6 Å². The first-order chi connectivity index (χ1) is 7.54. The number of hydrogen-bond acceptors (Lipinski definition) is 4. The maximum absolute atomic E-state index is 11.4. The molecule has 3 atom stereocenters. The van der Waals surface area contributed by atoms with Gasteiger partial charge in [-0.2, -0.15) is 0 Å². The minimum absolute atomic E-state index is 0.0895. The summed E-state index contributed by atoms with van der Waals surface area (Å²) in [6, 6.07) is 1.25. The third-order valence-electron chi connectivity index (χ3n) is 3.15. The van der Waals surface area contributed by atoms with Gasteiger partial charge < -0.3 is 10.1 Å². The van der Waals surface area contributed by atoms with Crippen molar-refractivity contribution < 1.29 is 9.53 Å². The minimum Gasteiger partial charge on any atom is -0.466 e. The molecule has 4 heteroatoms. The zero-order valence-electron chi connectivity index (χ0n) is 10.8. The summed E-state index contributed by atoms with van der Waals surface area (Å²) < 4.78 is 4.98. The van der Waals surface area contributed by atoms with Crippen molar-refractivity contribution in [1.29, 1.82) is 0 Å². The fourth-order valence-corrected chi connectivity index (χ4v) is 2.24. The van der Waals surface area contributed by atoms with Gasteiger partial charge in [0.15, 0.2) is 0 Å². The predicted molar refractivity (Wildman–Crippen MR) is 64.3 cm³/mol. The lowest BCUT2D eigenvalue weighted by Crippen LogP contribution is -2.57. The molecule has 1 N–H and O–H groups in total. The summed E-state index contributed by atoms with van der Waals surface area (Å²) in [7, 11) is 0. The van der Waals surface area contributed by atoms with Crippen LogP contribution in [-0.2, 0) is 9.53 Å². The number of carbonyl (C=O) groups is 1. The smallest absolute Gasteiger partial charge is 0.307 e. The Bertz CT molecular complexity index is 233. The third-order valence-corrected chi connectivity index (χ3v) is 3.15. The average Bonchev–Trinajstić information content (AvgIpc) is 2.21. The second-order valence-electron chi connectivity index (χ2n) is 4.71. The molecule has 0 aromatic carbocycles. The van der Waals surface area contributed by atoms with Crippen LogP contribution in [0.4, 0.5) is 0 Å². The highest BCUT2D eigenvalue weighted by atomic mass is 16.5. The lowest BCUT2D eigenvalue weighted by atomic mass is 10.1. The quantitative estimate of drug-likeness (QED) is 0.729. The first-order valence-electron chi connectivity index (χ1n) is 6.19. The van der Waals surface area contributed by atoms with Gasteiger partial charge in [0.25, 0.3) is 0 Å². The van der Waals surface area contributed by atoms with Gasteiger partial charge in [0, 0.05) is 31.2 Å². The summed E-state index contributed by atoms with van der Waals surface area (Å²) in [5.74, 6) is -0.0895. The van der Waals surface area contributed by atoms with Gasteiger partial charge in [-0.3, -0.25) is 9.69 Å². The molecule has 16 heavy (non-hydrogen) atoms. The average molecular weight is 228 g/mol. The van der Waals surface area contributed by atoms with Gasteiger partial charge in [0.2, 0.25) is 0 Å². The molecule has 0 saturated carbocycles. The molecule has 0 aromatic rings. The van der Waals surface area contributed by atoms with E-state index in [0.29, 0.717) is 25.1 Å². The number of rotatable bonds is 4. The van der Waals surface area contributed by atoms with Crippen molar-refractivity contribution in [2.75, 3.05) is 19.7 Å². The molecule has 1 heterocycles. The molecule has 1 rings (SSSR count). The predicted octanol–water partition coefficient (Wildman–Crippen LogP) is 1.01. The second kappa shape index (κ2) is 6.21. The van der Waals surface area contributed by atoms with Gasteiger partial charge in [-0.05, 0) is 27.7 Å². The van der Waals surface area contributed by atoms with E-state index in [0.717, 1.165) is 13.1 Å². The molecule has 3 unspecified atom stereocenters. The monoisotopic (exact) mass is 228 g/mol. The van der Waals surface area contributed by atoms with Crippen molar-refractivity contribution in [1.82, 2.24) is 10.2 Å². The van der Waals surface area contributed by atoms with Gasteiger partial charge in [0.05, 0.1) is 13.0 Å². The number of nitrogens with zero attached hydrogens (tertiary/aromatic N) is 1. The molecular weight excluding hydrogens is 204 g/mol. The lowest BCUT2D eigenvalue weighted by Gasteiger charge is -2.41. The maximum atomic E-state index is 11.4. The molecule has 0 aliphatic carbocycles. The Labute approximate surface area is 98.3 Å². The summed E-state index contributed by atoms with van der Waals surface area (Å²) in [5, 5.41) is 3.44. The molecule has 1 aliphatic rings. The van der Waals surface area contributed by atoms with E-state index >= 15 is 0 Å². The number of carbonyl (C=O) groups excluding carboxylic acids is 1. The van der Waals surface area contributed by atoms with Gasteiger partial charge >= 0.3 is 5.97 Å². The standard InChI is InChI=1S/C12H24N2O2/c1-5-16-12(15)6-10(3)14-8-9(2)13-7-11(14)4/h9-11,13H,5-8H2,1-4H3. The zero-order valence-corrected chi connectivity index (χ0v) is 10.8. The summed E-state index contributed by atoms with van der Waals surface area (Å²) in [6.07, 6.45) is 0.491. The SMILES string of the molecule is CCOC(=O)CC(C)N1CC(C)NCC1C. The van der Waals surface area contributed by atoms with Crippen molar-refractivity contribution in [3.8, 4) is 0 Å². The molecule has 0 spiro atoms. The molecule has 0 bridgehead atoms. The Morgan fingerprint density at radius 3 is 2.88 bits per heavy atom. The third kappa shape index (κ3) is 3.76. The molecule has 1 fully saturated rings. The van der Waals surface area contributed by atoms with Crippen molar-refractivity contribution in [2.24, 2.45) is 0 Å². The van der Waals surface area contributed by atoms with E-state index in [1.165, 1.54) is 0 Å². The Balaban J connectivity index is 2.44. The van der Waals surface area contributed by atoms with Crippen molar-refractivity contribution in [3.05, 3.63) is 0 Å². The van der Waals surface area contributed by atoms with Crippen LogP contribution < -0.4 is 5.32 Å². The molecule has 0 aromatic heterocycles. The molecule has 1 saturated heterocycles. The van der Waals surface area contributed by atoms with Crippen LogP contribution in [0.5, 0.6) is 0 Å². The molecule has 4 nitrogen and oxygen atoms in total. The fourth-order valence-electron chi connectivity index (χ4n) is 2.24. The largest absolute Gasteiger partial charge is 0.466 e. The second-order valence-corrected chi connectivity index (χ2v) is 4.71. The highest BCUT2D eigenvalue weighted by molar-refractivity contribution is 5.70. The van der Waals surface area contributed by atoms with E-state index < -0.39 is 0 Å². The van der Waals surface area contributed by atoms with Crippen LogP contribution in [0.15, 0.2) is 0 Å². The van der Waals surface area contributed by atoms with Crippen LogP contribution in [-0.4, -0.2) is 48.7 Å². The van der Waals surface area contributed by atoms with Crippen molar-refractivity contribution in [2.45, 2.75) is 52.2 Å². The number of esters is 1. The van der Waals surface area contributed by atoms with E-state index in [-0.39, 0.29) is 12.0 Å². The lowest BCUT2D eigenvalue weighted by molar-refractivity contribution is -0.144. The van der Waals surface area contributed by atoms with Crippen LogP contribution in [0, 0.1) is 0 Å². The Morgan fingerprint density at radius 1 is 1.56 bits per heavy atom. The molecule has 0 radical (unpaired) electrons. The zero-order chi connectivity index (χ0) is 12.1. The molecule has 94 valence electrons. The van der Waals surface area contributed by atoms with Crippen molar-refractivity contribution >= 4 is 5.97 Å². The molecule has 1 aliphatic heterocycles. The first kappa shape index (κ1) is 13.5. The van der Waals surface area contributed by atoms with E-state index in [1.54, 1.807) is 0 Å². The van der Waals surface area contributed by atoms with Crippen LogP contribution in [0.3, 0.4) is 0 Å². The Morgan fingerprint density at radius 2 is 2.25 bits per heavy atom. The Hall–Kier alpha value is -0.610. The van der Waals surface area contributed by atoms with Crippen molar-refractivity contribution in [3.63, 3.8) is 0 Å². The summed E-state index contributed by atoms with van der Waals surface area (Å²) in [6.45, 7) is 10.8. The van der Waals surface area contributed by atoms with E-state index in [4.69, 9.17) is 4.74 Å². The van der Waals surface area contributed by atoms with E-state index in [2.05, 4.69) is 31.0 Å². The maximum Gasteiger partial charge on any atom is 0.307 e. The van der Waals surface area contributed by atoms with Crippen LogP contribution >= 0.6 is 0 Å².